The fraction of sp³-hybridized carbons (Fsp3) is 0.900. The molecule has 0 unspecified atom stereocenters. The van der Waals surface area contributed by atoms with Crippen LogP contribution in [0.5, 0.6) is 0 Å². The number of carbonyl (C=O) groups is 1. The van der Waals surface area contributed by atoms with Crippen LogP contribution in [0.1, 0.15) is 19.3 Å². The van der Waals surface area contributed by atoms with Crippen LogP contribution in [0.25, 0.3) is 0 Å². The van der Waals surface area contributed by atoms with Crippen LogP contribution in [-0.2, 0) is 4.74 Å². The van der Waals surface area contributed by atoms with Crippen LogP contribution in [0.15, 0.2) is 0 Å². The molecule has 0 bridgehead atoms. The summed E-state index contributed by atoms with van der Waals surface area (Å²) in [6.45, 7) is 5.00. The zero-order valence-electron chi connectivity index (χ0n) is 9.21. The minimum Gasteiger partial charge on any atom is -0.378 e. The lowest BCUT2D eigenvalue weighted by atomic mass is 10.2. The van der Waals surface area contributed by atoms with Gasteiger partial charge in [-0.3, -0.25) is 0 Å². The minimum atomic E-state index is -0.349. The number of hydrogen-bond donors (Lipinski definition) is 2. The van der Waals surface area contributed by atoms with Crippen LogP contribution in [0.3, 0.4) is 0 Å². The molecule has 0 aromatic rings. The summed E-state index contributed by atoms with van der Waals surface area (Å²) in [5.41, 5.74) is 5.00. The Morgan fingerprint density at radius 1 is 1.13 bits per heavy atom. The molecular formula is C10H21N3O2. The largest absolute Gasteiger partial charge is 0.378 e. The van der Waals surface area contributed by atoms with Crippen LogP contribution in [0.4, 0.5) is 4.79 Å². The summed E-state index contributed by atoms with van der Waals surface area (Å²) in [5.74, 6) is 0. The number of nitrogens with two attached hydrogens (primary N) is 1. The number of morpholine rings is 1. The first kappa shape index (κ1) is 12.3. The van der Waals surface area contributed by atoms with Crippen LogP contribution in [0.2, 0.25) is 0 Å². The van der Waals surface area contributed by atoms with Gasteiger partial charge < -0.3 is 20.7 Å². The van der Waals surface area contributed by atoms with Gasteiger partial charge in [0.1, 0.15) is 0 Å². The van der Waals surface area contributed by atoms with E-state index in [0.29, 0.717) is 26.3 Å². The molecule has 2 heterocycles. The molecule has 0 radical (unpaired) electrons. The van der Waals surface area contributed by atoms with Crippen molar-refractivity contribution in [1.82, 2.24) is 10.2 Å². The number of carbonyl (C=O) groups excluding carboxylic acids is 1. The van der Waals surface area contributed by atoms with Crippen molar-refractivity contribution in [3.8, 4) is 0 Å². The predicted molar refractivity (Wildman–Crippen MR) is 58.7 cm³/mol. The minimum absolute atomic E-state index is 0.349. The van der Waals surface area contributed by atoms with Gasteiger partial charge in [0.15, 0.2) is 0 Å². The number of ether oxygens (including phenoxy) is 1. The lowest BCUT2D eigenvalue weighted by Crippen LogP contribution is -2.43. The zero-order chi connectivity index (χ0) is 10.9. The third-order valence-corrected chi connectivity index (χ3v) is 2.53. The summed E-state index contributed by atoms with van der Waals surface area (Å²) in [6.07, 6.45) is 4.22. The second kappa shape index (κ2) is 7.48. The molecule has 0 aromatic carbocycles. The Balaban J connectivity index is 0.000000162. The van der Waals surface area contributed by atoms with Crippen LogP contribution in [0, 0.1) is 0 Å². The fourth-order valence-corrected chi connectivity index (χ4v) is 1.59. The van der Waals surface area contributed by atoms with Gasteiger partial charge in [-0.15, -0.1) is 0 Å². The maximum atomic E-state index is 10.4. The lowest BCUT2D eigenvalue weighted by molar-refractivity contribution is 0.0554. The number of nitrogens with one attached hydrogen (secondary N) is 1. The third-order valence-electron chi connectivity index (χ3n) is 2.53. The van der Waals surface area contributed by atoms with E-state index in [-0.39, 0.29) is 6.03 Å². The monoisotopic (exact) mass is 215 g/mol. The maximum Gasteiger partial charge on any atom is 0.314 e. The highest BCUT2D eigenvalue weighted by molar-refractivity contribution is 5.71. The normalized spacial score (nSPS) is 21.5. The van der Waals surface area contributed by atoms with Gasteiger partial charge in [-0.2, -0.15) is 0 Å². The molecule has 0 saturated carbocycles. The Hall–Kier alpha value is -0.810. The summed E-state index contributed by atoms with van der Waals surface area (Å²) < 4.78 is 5.00. The van der Waals surface area contributed by atoms with Gasteiger partial charge in [-0.25, -0.2) is 4.79 Å². The SMILES string of the molecule is C1CCNCC1.NC(=O)N1CCOCC1. The average Bonchev–Trinajstić information content (AvgIpc) is 2.33. The second-order valence-electron chi connectivity index (χ2n) is 3.75. The van der Waals surface area contributed by atoms with E-state index in [9.17, 15) is 4.79 Å². The summed E-state index contributed by atoms with van der Waals surface area (Å²) in [4.78, 5) is 12.0. The highest BCUT2D eigenvalue weighted by Gasteiger charge is 2.12. The molecule has 2 rings (SSSR count). The summed E-state index contributed by atoms with van der Waals surface area (Å²) >= 11 is 0. The van der Waals surface area contributed by atoms with Crippen molar-refractivity contribution in [1.29, 1.82) is 0 Å². The van der Waals surface area contributed by atoms with E-state index < -0.39 is 0 Å². The number of rotatable bonds is 0. The van der Waals surface area contributed by atoms with Crippen LogP contribution >= 0.6 is 0 Å². The number of primary amides is 1. The molecular weight excluding hydrogens is 194 g/mol. The molecule has 2 aliphatic heterocycles. The standard InChI is InChI=1S/C5H10N2O2.C5H11N/c6-5(8)7-1-3-9-4-2-7;1-2-4-6-5-3-1/h1-4H2,(H2,6,8);6H,1-5H2. The van der Waals surface area contributed by atoms with Crippen molar-refractivity contribution in [2.24, 2.45) is 5.73 Å². The molecule has 2 saturated heterocycles. The van der Waals surface area contributed by atoms with Crippen molar-refractivity contribution in [3.05, 3.63) is 0 Å². The molecule has 88 valence electrons. The summed E-state index contributed by atoms with van der Waals surface area (Å²) in [5, 5.41) is 3.28. The van der Waals surface area contributed by atoms with Gasteiger partial charge in [0, 0.05) is 13.1 Å². The second-order valence-corrected chi connectivity index (χ2v) is 3.75. The van der Waals surface area contributed by atoms with E-state index in [1.54, 1.807) is 4.90 Å². The zero-order valence-corrected chi connectivity index (χ0v) is 9.21. The van der Waals surface area contributed by atoms with Crippen LogP contribution < -0.4 is 11.1 Å². The van der Waals surface area contributed by atoms with Gasteiger partial charge in [0.25, 0.3) is 0 Å². The fourth-order valence-electron chi connectivity index (χ4n) is 1.59. The average molecular weight is 215 g/mol. The molecule has 2 fully saturated rings. The smallest absolute Gasteiger partial charge is 0.314 e. The predicted octanol–water partition coefficient (Wildman–Crippen LogP) is 0.157. The van der Waals surface area contributed by atoms with Crippen molar-refractivity contribution in [2.45, 2.75) is 19.3 Å². The highest BCUT2D eigenvalue weighted by atomic mass is 16.5. The topological polar surface area (TPSA) is 67.6 Å². The Morgan fingerprint density at radius 2 is 1.73 bits per heavy atom. The van der Waals surface area contributed by atoms with Crippen molar-refractivity contribution in [3.63, 3.8) is 0 Å². The number of amides is 2. The molecule has 3 N–H and O–H groups in total. The van der Waals surface area contributed by atoms with Crippen molar-refractivity contribution in [2.75, 3.05) is 39.4 Å². The first-order chi connectivity index (χ1) is 7.30. The highest BCUT2D eigenvalue weighted by Crippen LogP contribution is 1.96. The maximum absolute atomic E-state index is 10.4. The molecule has 0 aliphatic carbocycles. The van der Waals surface area contributed by atoms with E-state index in [4.69, 9.17) is 10.5 Å². The van der Waals surface area contributed by atoms with E-state index in [1.807, 2.05) is 0 Å². The number of urea groups is 1. The van der Waals surface area contributed by atoms with E-state index in [1.165, 1.54) is 32.4 Å². The van der Waals surface area contributed by atoms with Gasteiger partial charge in [0.05, 0.1) is 13.2 Å². The first-order valence-corrected chi connectivity index (χ1v) is 5.63. The van der Waals surface area contributed by atoms with Gasteiger partial charge in [0.2, 0.25) is 0 Å². The Morgan fingerprint density at radius 3 is 2.00 bits per heavy atom. The first-order valence-electron chi connectivity index (χ1n) is 5.63. The Kier molecular flexibility index (Phi) is 6.11. The summed E-state index contributed by atoms with van der Waals surface area (Å²) in [6, 6.07) is -0.349. The lowest BCUT2D eigenvalue weighted by Gasteiger charge is -2.24. The molecule has 2 aliphatic rings. The Labute approximate surface area is 90.9 Å². The van der Waals surface area contributed by atoms with E-state index >= 15 is 0 Å². The molecule has 0 spiro atoms. The third kappa shape index (κ3) is 5.59. The van der Waals surface area contributed by atoms with Crippen molar-refractivity contribution >= 4 is 6.03 Å². The Bertz CT molecular complexity index is 166. The molecule has 0 aromatic heterocycles. The molecule has 15 heavy (non-hydrogen) atoms. The molecule has 2 amide bonds. The molecule has 5 heteroatoms. The quantitative estimate of drug-likeness (QED) is 0.604. The number of nitrogens with zero attached hydrogens (tertiary/aromatic N) is 1. The van der Waals surface area contributed by atoms with Gasteiger partial charge in [-0.1, -0.05) is 6.42 Å². The van der Waals surface area contributed by atoms with Gasteiger partial charge >= 0.3 is 6.03 Å². The molecule has 5 nitrogen and oxygen atoms in total. The van der Waals surface area contributed by atoms with Gasteiger partial charge in [-0.05, 0) is 25.9 Å². The van der Waals surface area contributed by atoms with E-state index in [0.717, 1.165) is 0 Å². The number of piperidine rings is 1. The van der Waals surface area contributed by atoms with E-state index in [2.05, 4.69) is 5.32 Å². The van der Waals surface area contributed by atoms with Crippen LogP contribution in [-0.4, -0.2) is 50.3 Å². The molecule has 0 atom stereocenters. The summed E-state index contributed by atoms with van der Waals surface area (Å²) in [7, 11) is 0. The number of hydrogen-bond acceptors (Lipinski definition) is 3. The van der Waals surface area contributed by atoms with Crippen molar-refractivity contribution < 1.29 is 9.53 Å².